The summed E-state index contributed by atoms with van der Waals surface area (Å²) in [6, 6.07) is 21.9. The summed E-state index contributed by atoms with van der Waals surface area (Å²) >= 11 is 1.12. The molecule has 0 aliphatic carbocycles. The van der Waals surface area contributed by atoms with Gasteiger partial charge in [0.25, 0.3) is 11.5 Å². The second-order valence-electron chi connectivity index (χ2n) is 9.02. The van der Waals surface area contributed by atoms with E-state index in [0.717, 1.165) is 22.5 Å². The predicted molar refractivity (Wildman–Crippen MR) is 150 cm³/mol. The van der Waals surface area contributed by atoms with Crippen molar-refractivity contribution in [2.24, 2.45) is 0 Å². The Balaban J connectivity index is 1.33. The fourth-order valence-corrected chi connectivity index (χ4v) is 5.51. The van der Waals surface area contributed by atoms with Crippen LogP contribution in [-0.2, 0) is 9.59 Å². The van der Waals surface area contributed by atoms with Gasteiger partial charge in [-0.15, -0.1) is 5.10 Å². The van der Waals surface area contributed by atoms with Gasteiger partial charge in [0.05, 0.1) is 17.9 Å². The average Bonchev–Trinajstić information content (AvgIpc) is 3.57. The van der Waals surface area contributed by atoms with Crippen molar-refractivity contribution in [2.45, 2.75) is 13.8 Å². The molecular formula is C29H23N5O4S. The molecule has 0 saturated carbocycles. The molecule has 2 amide bonds. The second kappa shape index (κ2) is 9.80. The van der Waals surface area contributed by atoms with E-state index in [1.165, 1.54) is 9.42 Å². The van der Waals surface area contributed by atoms with Gasteiger partial charge in [-0.2, -0.15) is 9.50 Å². The molecule has 10 heteroatoms. The molecule has 5 aromatic rings. The number of amides is 2. The standard InChI is InChI=1S/C29H23N5O4S/c1-3-38-20-14-12-19(13-15-20)30-23(35)16-33-22-7-5-4-6-21(22)24(27(33)36)25-28(37)34-29(39-25)31-26(32-34)18-10-8-17(2)9-11-18/h4-15H,3,16H2,1-2H3,(H,30,35)/b25-24-. The summed E-state index contributed by atoms with van der Waals surface area (Å²) in [5.74, 6) is 0.366. The Morgan fingerprint density at radius 1 is 1.00 bits per heavy atom. The smallest absolute Gasteiger partial charge is 0.291 e. The maximum Gasteiger partial charge on any atom is 0.291 e. The number of carbonyl (C=O) groups excluding carboxylic acids is 2. The van der Waals surface area contributed by atoms with Gasteiger partial charge in [0.1, 0.15) is 16.8 Å². The van der Waals surface area contributed by atoms with E-state index in [2.05, 4.69) is 15.4 Å². The summed E-state index contributed by atoms with van der Waals surface area (Å²) in [5.41, 5.74) is 3.49. The van der Waals surface area contributed by atoms with Gasteiger partial charge in [0.15, 0.2) is 5.82 Å². The zero-order valence-corrected chi connectivity index (χ0v) is 22.0. The van der Waals surface area contributed by atoms with E-state index in [0.29, 0.717) is 40.1 Å². The number of hydrogen-bond donors (Lipinski definition) is 1. The van der Waals surface area contributed by atoms with Crippen molar-refractivity contribution in [3.63, 3.8) is 0 Å². The zero-order valence-electron chi connectivity index (χ0n) is 21.2. The maximum atomic E-state index is 13.6. The van der Waals surface area contributed by atoms with Crippen LogP contribution in [0.1, 0.15) is 18.1 Å². The second-order valence-corrected chi connectivity index (χ2v) is 10.00. The van der Waals surface area contributed by atoms with Gasteiger partial charge in [-0.25, -0.2) is 0 Å². The van der Waals surface area contributed by atoms with Crippen LogP contribution in [0.3, 0.4) is 0 Å². The van der Waals surface area contributed by atoms with Gasteiger partial charge in [-0.1, -0.05) is 59.4 Å². The van der Waals surface area contributed by atoms with E-state index in [1.54, 1.807) is 48.5 Å². The highest BCUT2D eigenvalue weighted by atomic mass is 32.1. The highest BCUT2D eigenvalue weighted by molar-refractivity contribution is 7.15. The van der Waals surface area contributed by atoms with Gasteiger partial charge >= 0.3 is 0 Å². The highest BCUT2D eigenvalue weighted by Crippen LogP contribution is 2.35. The highest BCUT2D eigenvalue weighted by Gasteiger charge is 2.35. The zero-order chi connectivity index (χ0) is 27.1. The van der Waals surface area contributed by atoms with E-state index in [1.807, 2.05) is 38.1 Å². The summed E-state index contributed by atoms with van der Waals surface area (Å²) in [6.07, 6.45) is 0. The molecule has 1 N–H and O–H groups in total. The molecule has 9 nitrogen and oxygen atoms in total. The summed E-state index contributed by atoms with van der Waals surface area (Å²) in [5, 5.41) is 7.23. The lowest BCUT2D eigenvalue weighted by molar-refractivity contribution is -0.118. The van der Waals surface area contributed by atoms with Crippen molar-refractivity contribution in [1.82, 2.24) is 14.6 Å². The van der Waals surface area contributed by atoms with Crippen LogP contribution in [0.4, 0.5) is 11.4 Å². The van der Waals surface area contributed by atoms with E-state index < -0.39 is 11.5 Å². The van der Waals surface area contributed by atoms with E-state index in [9.17, 15) is 14.4 Å². The van der Waals surface area contributed by atoms with Gasteiger partial charge in [0.2, 0.25) is 10.9 Å². The summed E-state index contributed by atoms with van der Waals surface area (Å²) in [7, 11) is 0. The van der Waals surface area contributed by atoms with E-state index in [-0.39, 0.29) is 22.6 Å². The van der Waals surface area contributed by atoms with Crippen molar-refractivity contribution in [3.05, 3.63) is 98.8 Å². The molecule has 3 heterocycles. The maximum absolute atomic E-state index is 13.6. The Morgan fingerprint density at radius 3 is 2.46 bits per heavy atom. The number of aromatic nitrogens is 3. The van der Waals surface area contributed by atoms with Crippen LogP contribution < -0.4 is 25.0 Å². The average molecular weight is 538 g/mol. The molecule has 0 spiro atoms. The fourth-order valence-electron chi connectivity index (χ4n) is 4.51. The minimum Gasteiger partial charge on any atom is -0.494 e. The SMILES string of the molecule is CCOc1ccc(NC(=O)CN2C(=O)/C(=c3\sc4nc(-c5ccc(C)cc5)nn4c3=O)c3ccccc32)cc1. The molecule has 0 saturated heterocycles. The predicted octanol–water partition coefficient (Wildman–Crippen LogP) is 3.43. The Hall–Kier alpha value is -4.83. The van der Waals surface area contributed by atoms with Crippen LogP contribution in [-0.4, -0.2) is 39.6 Å². The summed E-state index contributed by atoms with van der Waals surface area (Å²) < 4.78 is 6.91. The molecule has 0 fully saturated rings. The van der Waals surface area contributed by atoms with Gasteiger partial charge < -0.3 is 10.1 Å². The monoisotopic (exact) mass is 537 g/mol. The Labute approximate surface area is 227 Å². The van der Waals surface area contributed by atoms with Gasteiger partial charge in [-0.3, -0.25) is 19.3 Å². The number of fused-ring (bicyclic) bond motifs is 2. The molecule has 0 radical (unpaired) electrons. The number of ether oxygens (including phenoxy) is 1. The number of carbonyl (C=O) groups is 2. The van der Waals surface area contributed by atoms with Crippen LogP contribution in [0.25, 0.3) is 21.9 Å². The number of hydrogen-bond acceptors (Lipinski definition) is 7. The van der Waals surface area contributed by atoms with Crippen LogP contribution >= 0.6 is 11.3 Å². The molecule has 2 aromatic heterocycles. The molecule has 1 aliphatic rings. The van der Waals surface area contributed by atoms with Crippen molar-refractivity contribution in [3.8, 4) is 17.1 Å². The third kappa shape index (κ3) is 4.44. The molecule has 3 aromatic carbocycles. The molecule has 6 rings (SSSR count). The molecule has 0 unspecified atom stereocenters. The van der Waals surface area contributed by atoms with Crippen molar-refractivity contribution < 1.29 is 14.3 Å². The fraction of sp³-hybridized carbons (Fsp3) is 0.138. The van der Waals surface area contributed by atoms with Gasteiger partial charge in [0, 0.05) is 16.8 Å². The lowest BCUT2D eigenvalue weighted by Crippen LogP contribution is -2.37. The first-order chi connectivity index (χ1) is 18.9. The van der Waals surface area contributed by atoms with Crippen LogP contribution in [0.5, 0.6) is 5.75 Å². The van der Waals surface area contributed by atoms with E-state index in [4.69, 9.17) is 4.74 Å². The van der Waals surface area contributed by atoms with Crippen molar-refractivity contribution >= 4 is 45.1 Å². The number of rotatable bonds is 6. The number of nitrogens with one attached hydrogen (secondary N) is 1. The topological polar surface area (TPSA) is 106 Å². The first-order valence-electron chi connectivity index (χ1n) is 12.4. The summed E-state index contributed by atoms with van der Waals surface area (Å²) in [4.78, 5) is 46.3. The lowest BCUT2D eigenvalue weighted by Gasteiger charge is -2.16. The Kier molecular flexibility index (Phi) is 6.16. The van der Waals surface area contributed by atoms with Crippen molar-refractivity contribution in [2.75, 3.05) is 23.4 Å². The third-order valence-electron chi connectivity index (χ3n) is 6.37. The Bertz CT molecular complexity index is 1840. The molecule has 194 valence electrons. The molecule has 1 aliphatic heterocycles. The van der Waals surface area contributed by atoms with Crippen LogP contribution in [0.15, 0.2) is 77.6 Å². The largest absolute Gasteiger partial charge is 0.494 e. The normalized spacial score (nSPS) is 14.1. The minimum absolute atomic E-state index is 0.209. The number of nitrogens with zero attached hydrogens (tertiary/aromatic N) is 4. The first kappa shape index (κ1) is 24.5. The van der Waals surface area contributed by atoms with E-state index >= 15 is 0 Å². The molecule has 39 heavy (non-hydrogen) atoms. The molecular weight excluding hydrogens is 514 g/mol. The minimum atomic E-state index is -0.418. The van der Waals surface area contributed by atoms with Crippen LogP contribution in [0.2, 0.25) is 0 Å². The van der Waals surface area contributed by atoms with Gasteiger partial charge in [-0.05, 0) is 44.2 Å². The number of thiazole rings is 1. The first-order valence-corrected chi connectivity index (χ1v) is 13.2. The number of anilines is 2. The number of benzene rings is 3. The lowest BCUT2D eigenvalue weighted by atomic mass is 10.1. The number of aryl methyl sites for hydroxylation is 1. The molecule has 0 atom stereocenters. The summed E-state index contributed by atoms with van der Waals surface area (Å²) in [6.45, 7) is 4.23. The molecule has 0 bridgehead atoms. The Morgan fingerprint density at radius 2 is 1.74 bits per heavy atom. The quantitative estimate of drug-likeness (QED) is 0.356. The number of para-hydroxylation sites is 1. The van der Waals surface area contributed by atoms with Crippen LogP contribution in [0, 0.1) is 6.92 Å². The third-order valence-corrected chi connectivity index (χ3v) is 7.40. The van der Waals surface area contributed by atoms with Crippen molar-refractivity contribution in [1.29, 1.82) is 0 Å².